The molecule has 1 atom stereocenters. The van der Waals surface area contributed by atoms with Gasteiger partial charge in [-0.1, -0.05) is 31.1 Å². The summed E-state index contributed by atoms with van der Waals surface area (Å²) in [5, 5.41) is 17.4. The highest BCUT2D eigenvalue weighted by atomic mass is 16.6. The van der Waals surface area contributed by atoms with Gasteiger partial charge < -0.3 is 14.6 Å². The molecule has 2 aromatic rings. The van der Waals surface area contributed by atoms with Crippen LogP contribution in [0.4, 0.5) is 5.69 Å². The molecule has 1 aromatic heterocycles. The Hall–Kier alpha value is -2.97. The van der Waals surface area contributed by atoms with Crippen LogP contribution in [0.1, 0.15) is 31.6 Å². The number of hydrogen-bond acceptors (Lipinski definition) is 7. The van der Waals surface area contributed by atoms with Gasteiger partial charge >= 0.3 is 5.69 Å². The standard InChI is InChI=1S/C15H18N4O5/c1-9(2)14(15-16-10(3)18-24-15)17-13(20)8-23-12-7-5-4-6-11(12)19(21)22/h4-7,9,14H,8H2,1-3H3,(H,17,20)/t14-/m1/s1. The second-order valence-electron chi connectivity index (χ2n) is 5.48. The normalized spacial score (nSPS) is 12.0. The first-order valence-corrected chi connectivity index (χ1v) is 7.34. The molecule has 0 aliphatic carbocycles. The number of hydrogen-bond donors (Lipinski definition) is 1. The molecule has 9 nitrogen and oxygen atoms in total. The number of aryl methyl sites for hydroxylation is 1. The summed E-state index contributed by atoms with van der Waals surface area (Å²) in [5.41, 5.74) is -0.196. The van der Waals surface area contributed by atoms with Crippen LogP contribution in [0.15, 0.2) is 28.8 Å². The highest BCUT2D eigenvalue weighted by Crippen LogP contribution is 2.26. The Morgan fingerprint density at radius 3 is 2.71 bits per heavy atom. The second kappa shape index (κ2) is 7.53. The summed E-state index contributed by atoms with van der Waals surface area (Å²) in [5.74, 6) is 0.387. The van der Waals surface area contributed by atoms with Gasteiger partial charge in [0, 0.05) is 6.07 Å². The molecule has 0 bridgehead atoms. The second-order valence-corrected chi connectivity index (χ2v) is 5.48. The van der Waals surface area contributed by atoms with Gasteiger partial charge in [-0.15, -0.1) is 0 Å². The molecule has 1 heterocycles. The average molecular weight is 334 g/mol. The van der Waals surface area contributed by atoms with Crippen molar-refractivity contribution in [2.75, 3.05) is 6.61 Å². The van der Waals surface area contributed by atoms with Gasteiger partial charge in [0.2, 0.25) is 5.89 Å². The summed E-state index contributed by atoms with van der Waals surface area (Å²) in [6.45, 7) is 5.12. The smallest absolute Gasteiger partial charge is 0.310 e. The third kappa shape index (κ3) is 4.28. The Balaban J connectivity index is 2.01. The van der Waals surface area contributed by atoms with Gasteiger partial charge in [-0.2, -0.15) is 4.98 Å². The monoisotopic (exact) mass is 334 g/mol. The number of benzene rings is 1. The molecule has 1 amide bonds. The Morgan fingerprint density at radius 1 is 1.42 bits per heavy atom. The van der Waals surface area contributed by atoms with Gasteiger partial charge in [-0.25, -0.2) is 0 Å². The van der Waals surface area contributed by atoms with Crippen molar-refractivity contribution in [3.8, 4) is 5.75 Å². The van der Waals surface area contributed by atoms with E-state index in [0.717, 1.165) is 0 Å². The van der Waals surface area contributed by atoms with Gasteiger partial charge in [-0.05, 0) is 18.9 Å². The lowest BCUT2D eigenvalue weighted by Crippen LogP contribution is -2.35. The van der Waals surface area contributed by atoms with Gasteiger partial charge in [0.15, 0.2) is 18.2 Å². The first-order chi connectivity index (χ1) is 11.4. The fourth-order valence-corrected chi connectivity index (χ4v) is 2.04. The lowest BCUT2D eigenvalue weighted by molar-refractivity contribution is -0.385. The molecule has 0 aliphatic rings. The Bertz CT molecular complexity index is 728. The maximum atomic E-state index is 12.1. The Kier molecular flexibility index (Phi) is 5.46. The number of nitrogens with one attached hydrogen (secondary N) is 1. The van der Waals surface area contributed by atoms with Crippen LogP contribution in [-0.4, -0.2) is 27.6 Å². The van der Waals surface area contributed by atoms with Crippen LogP contribution in [0.5, 0.6) is 5.75 Å². The number of carbonyl (C=O) groups excluding carboxylic acids is 1. The zero-order valence-corrected chi connectivity index (χ0v) is 13.6. The number of ether oxygens (including phenoxy) is 1. The predicted molar refractivity (Wildman–Crippen MR) is 83.3 cm³/mol. The zero-order chi connectivity index (χ0) is 17.7. The number of amides is 1. The Morgan fingerprint density at radius 2 is 2.12 bits per heavy atom. The minimum atomic E-state index is -0.564. The van der Waals surface area contributed by atoms with E-state index < -0.39 is 16.9 Å². The number of para-hydroxylation sites is 2. The van der Waals surface area contributed by atoms with E-state index >= 15 is 0 Å². The van der Waals surface area contributed by atoms with Crippen LogP contribution >= 0.6 is 0 Å². The summed E-state index contributed by atoms with van der Waals surface area (Å²) in [7, 11) is 0. The minimum absolute atomic E-state index is 0.0138. The van der Waals surface area contributed by atoms with E-state index in [9.17, 15) is 14.9 Å². The summed E-state index contributed by atoms with van der Waals surface area (Å²) in [6, 6.07) is 5.40. The highest BCUT2D eigenvalue weighted by molar-refractivity contribution is 5.78. The summed E-state index contributed by atoms with van der Waals surface area (Å²) < 4.78 is 10.4. The van der Waals surface area contributed by atoms with Crippen LogP contribution < -0.4 is 10.1 Å². The molecule has 0 spiro atoms. The van der Waals surface area contributed by atoms with E-state index in [1.165, 1.54) is 18.2 Å². The fourth-order valence-electron chi connectivity index (χ4n) is 2.04. The topological polar surface area (TPSA) is 120 Å². The van der Waals surface area contributed by atoms with Crippen LogP contribution in [0.2, 0.25) is 0 Å². The van der Waals surface area contributed by atoms with E-state index in [-0.39, 0.29) is 24.0 Å². The predicted octanol–water partition coefficient (Wildman–Crippen LogP) is 2.18. The van der Waals surface area contributed by atoms with Crippen LogP contribution in [0.3, 0.4) is 0 Å². The van der Waals surface area contributed by atoms with Crippen molar-refractivity contribution < 1.29 is 19.0 Å². The van der Waals surface area contributed by atoms with Crippen molar-refractivity contribution in [3.63, 3.8) is 0 Å². The lowest BCUT2D eigenvalue weighted by atomic mass is 10.0. The molecule has 0 aliphatic heterocycles. The third-order valence-electron chi connectivity index (χ3n) is 3.21. The molecular formula is C15H18N4O5. The number of rotatable bonds is 7. The summed E-state index contributed by atoms with van der Waals surface area (Å²) in [4.78, 5) is 26.6. The van der Waals surface area contributed by atoms with Crippen LogP contribution in [0, 0.1) is 23.0 Å². The van der Waals surface area contributed by atoms with Crippen molar-refractivity contribution in [2.24, 2.45) is 5.92 Å². The molecule has 0 fully saturated rings. The molecule has 9 heteroatoms. The van der Waals surface area contributed by atoms with Crippen molar-refractivity contribution in [1.82, 2.24) is 15.5 Å². The highest BCUT2D eigenvalue weighted by Gasteiger charge is 2.24. The molecule has 1 N–H and O–H groups in total. The molecular weight excluding hydrogens is 316 g/mol. The fraction of sp³-hybridized carbons (Fsp3) is 0.400. The maximum absolute atomic E-state index is 12.1. The summed E-state index contributed by atoms with van der Waals surface area (Å²) >= 11 is 0. The van der Waals surface area contributed by atoms with E-state index in [0.29, 0.717) is 11.7 Å². The largest absolute Gasteiger partial charge is 0.477 e. The molecule has 2 rings (SSSR count). The van der Waals surface area contributed by atoms with E-state index in [1.54, 1.807) is 13.0 Å². The molecule has 0 saturated heterocycles. The maximum Gasteiger partial charge on any atom is 0.310 e. The zero-order valence-electron chi connectivity index (χ0n) is 13.6. The minimum Gasteiger partial charge on any atom is -0.477 e. The molecule has 1 aromatic carbocycles. The van der Waals surface area contributed by atoms with E-state index in [1.807, 2.05) is 13.8 Å². The van der Waals surface area contributed by atoms with Gasteiger partial charge in [-0.3, -0.25) is 14.9 Å². The molecule has 0 unspecified atom stereocenters. The SMILES string of the molecule is Cc1noc([C@H](NC(=O)COc2ccccc2[N+](=O)[O-])C(C)C)n1. The van der Waals surface area contributed by atoms with Crippen molar-refractivity contribution in [2.45, 2.75) is 26.8 Å². The average Bonchev–Trinajstić information content (AvgIpc) is 2.96. The number of aromatic nitrogens is 2. The molecule has 24 heavy (non-hydrogen) atoms. The van der Waals surface area contributed by atoms with Gasteiger partial charge in [0.05, 0.1) is 4.92 Å². The molecule has 0 radical (unpaired) electrons. The lowest BCUT2D eigenvalue weighted by Gasteiger charge is -2.18. The quantitative estimate of drug-likeness (QED) is 0.608. The molecule has 128 valence electrons. The number of nitro benzene ring substituents is 1. The van der Waals surface area contributed by atoms with Crippen molar-refractivity contribution in [1.29, 1.82) is 0 Å². The number of carbonyl (C=O) groups is 1. The third-order valence-corrected chi connectivity index (χ3v) is 3.21. The van der Waals surface area contributed by atoms with Gasteiger partial charge in [0.25, 0.3) is 5.91 Å². The first kappa shape index (κ1) is 17.4. The number of nitrogens with zero attached hydrogens (tertiary/aromatic N) is 3. The van der Waals surface area contributed by atoms with Crippen molar-refractivity contribution in [3.05, 3.63) is 46.1 Å². The van der Waals surface area contributed by atoms with E-state index in [2.05, 4.69) is 15.5 Å². The van der Waals surface area contributed by atoms with Gasteiger partial charge in [0.1, 0.15) is 6.04 Å². The first-order valence-electron chi connectivity index (χ1n) is 7.34. The van der Waals surface area contributed by atoms with Crippen LogP contribution in [-0.2, 0) is 4.79 Å². The molecule has 0 saturated carbocycles. The van der Waals surface area contributed by atoms with E-state index in [4.69, 9.17) is 9.26 Å². The number of nitro groups is 1. The van der Waals surface area contributed by atoms with Crippen molar-refractivity contribution >= 4 is 11.6 Å². The summed E-state index contributed by atoms with van der Waals surface area (Å²) in [6.07, 6.45) is 0. The van der Waals surface area contributed by atoms with Crippen LogP contribution in [0.25, 0.3) is 0 Å². The Labute approximate surface area is 138 Å².